The van der Waals surface area contributed by atoms with Gasteiger partial charge in [0.05, 0.1) is 0 Å². The van der Waals surface area contributed by atoms with Gasteiger partial charge in [-0.25, -0.2) is 4.79 Å². The molecule has 1 aliphatic heterocycles. The van der Waals surface area contributed by atoms with Crippen LogP contribution in [0.1, 0.15) is 13.8 Å². The Kier molecular flexibility index (Phi) is 3.55. The van der Waals surface area contributed by atoms with E-state index in [2.05, 4.69) is 0 Å². The highest BCUT2D eigenvalue weighted by Crippen LogP contribution is 2.03. The van der Waals surface area contributed by atoms with Crippen molar-refractivity contribution >= 4 is 6.03 Å². The van der Waals surface area contributed by atoms with Gasteiger partial charge in [-0.15, -0.1) is 0 Å². The second-order valence-corrected chi connectivity index (χ2v) is 2.88. The standard InChI is InChI=1S/C10H16N2O/c1-3-11(4-2)10(13)12-8-6-5-7-9-12/h5-8H,3-4,9H2,1-2H3. The molecule has 0 aromatic rings. The predicted molar refractivity (Wildman–Crippen MR) is 53.3 cm³/mol. The molecule has 72 valence electrons. The molecule has 0 fully saturated rings. The molecule has 0 aromatic heterocycles. The maximum Gasteiger partial charge on any atom is 0.324 e. The smallest absolute Gasteiger partial charge is 0.324 e. The Balaban J connectivity index is 2.56. The number of hydrogen-bond acceptors (Lipinski definition) is 1. The topological polar surface area (TPSA) is 23.6 Å². The largest absolute Gasteiger partial charge is 0.325 e. The molecular formula is C10H16N2O. The lowest BCUT2D eigenvalue weighted by molar-refractivity contribution is 0.177. The number of urea groups is 1. The molecule has 13 heavy (non-hydrogen) atoms. The molecule has 1 aliphatic rings. The van der Waals surface area contributed by atoms with Gasteiger partial charge in [-0.2, -0.15) is 0 Å². The molecular weight excluding hydrogens is 164 g/mol. The molecule has 0 radical (unpaired) electrons. The molecule has 0 saturated carbocycles. The number of carbonyl (C=O) groups is 1. The Hall–Kier alpha value is -1.25. The third kappa shape index (κ3) is 2.34. The van der Waals surface area contributed by atoms with Crippen LogP contribution in [0.5, 0.6) is 0 Å². The van der Waals surface area contributed by atoms with Crippen molar-refractivity contribution in [1.29, 1.82) is 0 Å². The Bertz CT molecular complexity index is 229. The molecule has 1 rings (SSSR count). The number of carbonyl (C=O) groups excluding carboxylic acids is 1. The van der Waals surface area contributed by atoms with Crippen molar-refractivity contribution in [2.24, 2.45) is 0 Å². The number of amides is 2. The summed E-state index contributed by atoms with van der Waals surface area (Å²) in [6.45, 7) is 6.20. The lowest BCUT2D eigenvalue weighted by Gasteiger charge is -2.26. The first-order valence-electron chi connectivity index (χ1n) is 4.68. The molecule has 2 amide bonds. The summed E-state index contributed by atoms with van der Waals surface area (Å²) >= 11 is 0. The van der Waals surface area contributed by atoms with Crippen molar-refractivity contribution in [1.82, 2.24) is 9.80 Å². The van der Waals surface area contributed by atoms with E-state index in [1.54, 1.807) is 4.90 Å². The van der Waals surface area contributed by atoms with Gasteiger partial charge in [0.1, 0.15) is 0 Å². The van der Waals surface area contributed by atoms with Crippen LogP contribution in [0.15, 0.2) is 24.4 Å². The zero-order chi connectivity index (χ0) is 9.68. The number of hydrogen-bond donors (Lipinski definition) is 0. The van der Waals surface area contributed by atoms with E-state index in [0.717, 1.165) is 13.1 Å². The van der Waals surface area contributed by atoms with Crippen molar-refractivity contribution in [3.63, 3.8) is 0 Å². The Morgan fingerprint density at radius 1 is 1.38 bits per heavy atom. The van der Waals surface area contributed by atoms with Gasteiger partial charge in [-0.1, -0.05) is 12.2 Å². The number of rotatable bonds is 2. The average molecular weight is 180 g/mol. The number of allylic oxidation sites excluding steroid dienone is 2. The molecule has 0 aromatic carbocycles. The molecule has 1 heterocycles. The van der Waals surface area contributed by atoms with Gasteiger partial charge in [-0.05, 0) is 19.9 Å². The first-order valence-corrected chi connectivity index (χ1v) is 4.68. The summed E-state index contributed by atoms with van der Waals surface area (Å²) in [5.41, 5.74) is 0. The number of nitrogens with zero attached hydrogens (tertiary/aromatic N) is 2. The first kappa shape index (κ1) is 9.84. The van der Waals surface area contributed by atoms with E-state index < -0.39 is 0 Å². The van der Waals surface area contributed by atoms with Gasteiger partial charge in [-0.3, -0.25) is 4.90 Å². The fraction of sp³-hybridized carbons (Fsp3) is 0.500. The van der Waals surface area contributed by atoms with E-state index in [9.17, 15) is 4.79 Å². The van der Waals surface area contributed by atoms with E-state index in [1.807, 2.05) is 43.2 Å². The molecule has 0 bridgehead atoms. The van der Waals surface area contributed by atoms with Crippen LogP contribution >= 0.6 is 0 Å². The van der Waals surface area contributed by atoms with E-state index in [1.165, 1.54) is 0 Å². The van der Waals surface area contributed by atoms with E-state index in [0.29, 0.717) is 6.54 Å². The normalized spacial score (nSPS) is 14.8. The molecule has 3 nitrogen and oxygen atoms in total. The molecule has 0 unspecified atom stereocenters. The summed E-state index contributed by atoms with van der Waals surface area (Å²) in [4.78, 5) is 15.3. The molecule has 0 N–H and O–H groups in total. The lowest BCUT2D eigenvalue weighted by Crippen LogP contribution is -2.40. The maximum atomic E-state index is 11.7. The third-order valence-electron chi connectivity index (χ3n) is 2.09. The average Bonchev–Trinajstić information content (AvgIpc) is 2.21. The van der Waals surface area contributed by atoms with Gasteiger partial charge >= 0.3 is 6.03 Å². The molecule has 0 atom stereocenters. The third-order valence-corrected chi connectivity index (χ3v) is 2.09. The minimum Gasteiger partial charge on any atom is -0.325 e. The maximum absolute atomic E-state index is 11.7. The van der Waals surface area contributed by atoms with Crippen molar-refractivity contribution in [3.05, 3.63) is 24.4 Å². The van der Waals surface area contributed by atoms with Crippen LogP contribution in [-0.4, -0.2) is 35.5 Å². The lowest BCUT2D eigenvalue weighted by atomic mass is 10.3. The summed E-state index contributed by atoms with van der Waals surface area (Å²) < 4.78 is 0. The fourth-order valence-corrected chi connectivity index (χ4v) is 1.29. The van der Waals surface area contributed by atoms with Crippen molar-refractivity contribution in [2.75, 3.05) is 19.6 Å². The van der Waals surface area contributed by atoms with Gasteiger partial charge in [0.25, 0.3) is 0 Å². The minimum atomic E-state index is 0.0885. The second-order valence-electron chi connectivity index (χ2n) is 2.88. The Morgan fingerprint density at radius 2 is 2.08 bits per heavy atom. The van der Waals surface area contributed by atoms with E-state index >= 15 is 0 Å². The van der Waals surface area contributed by atoms with Crippen LogP contribution in [0.3, 0.4) is 0 Å². The van der Waals surface area contributed by atoms with Crippen LogP contribution in [-0.2, 0) is 0 Å². The van der Waals surface area contributed by atoms with Gasteiger partial charge < -0.3 is 4.90 Å². The molecule has 0 saturated heterocycles. The van der Waals surface area contributed by atoms with E-state index in [4.69, 9.17) is 0 Å². The quantitative estimate of drug-likeness (QED) is 0.636. The predicted octanol–water partition coefficient (Wildman–Crippen LogP) is 1.83. The van der Waals surface area contributed by atoms with Crippen molar-refractivity contribution in [2.45, 2.75) is 13.8 Å². The summed E-state index contributed by atoms with van der Waals surface area (Å²) in [6.07, 6.45) is 7.62. The van der Waals surface area contributed by atoms with Crippen LogP contribution in [0, 0.1) is 0 Å². The summed E-state index contributed by atoms with van der Waals surface area (Å²) in [5.74, 6) is 0. The monoisotopic (exact) mass is 180 g/mol. The minimum absolute atomic E-state index is 0.0885. The molecule has 3 heteroatoms. The SMILES string of the molecule is CCN(CC)C(=O)N1C=CC=CC1. The Morgan fingerprint density at radius 3 is 2.54 bits per heavy atom. The van der Waals surface area contributed by atoms with Gasteiger partial charge in [0, 0.05) is 25.8 Å². The molecule has 0 spiro atoms. The van der Waals surface area contributed by atoms with Crippen LogP contribution in [0.25, 0.3) is 0 Å². The van der Waals surface area contributed by atoms with E-state index in [-0.39, 0.29) is 6.03 Å². The zero-order valence-corrected chi connectivity index (χ0v) is 8.23. The van der Waals surface area contributed by atoms with Crippen molar-refractivity contribution in [3.8, 4) is 0 Å². The van der Waals surface area contributed by atoms with Crippen LogP contribution in [0.2, 0.25) is 0 Å². The van der Waals surface area contributed by atoms with Crippen molar-refractivity contribution < 1.29 is 4.79 Å². The summed E-state index contributed by atoms with van der Waals surface area (Å²) in [5, 5.41) is 0. The van der Waals surface area contributed by atoms with Crippen LogP contribution in [0.4, 0.5) is 4.79 Å². The highest BCUT2D eigenvalue weighted by Gasteiger charge is 2.15. The van der Waals surface area contributed by atoms with Crippen LogP contribution < -0.4 is 0 Å². The van der Waals surface area contributed by atoms with Gasteiger partial charge in [0.15, 0.2) is 0 Å². The first-order chi connectivity index (χ1) is 6.29. The molecule has 0 aliphatic carbocycles. The highest BCUT2D eigenvalue weighted by atomic mass is 16.2. The summed E-state index contributed by atoms with van der Waals surface area (Å²) in [7, 11) is 0. The highest BCUT2D eigenvalue weighted by molar-refractivity contribution is 5.75. The van der Waals surface area contributed by atoms with Gasteiger partial charge in [0.2, 0.25) is 0 Å². The zero-order valence-electron chi connectivity index (χ0n) is 8.23. The second kappa shape index (κ2) is 4.70. The fourth-order valence-electron chi connectivity index (χ4n) is 1.29. The summed E-state index contributed by atoms with van der Waals surface area (Å²) in [6, 6.07) is 0.0885. The Labute approximate surface area is 79.3 Å².